The number of aromatic amines is 1. The molecule has 1 aliphatic rings. The number of piperazine rings is 1. The Bertz CT molecular complexity index is 584. The minimum Gasteiger partial charge on any atom is -0.343 e. The lowest BCUT2D eigenvalue weighted by molar-refractivity contribution is -0.119. The van der Waals surface area contributed by atoms with E-state index in [4.69, 9.17) is 0 Å². The quantitative estimate of drug-likeness (QED) is 0.840. The van der Waals surface area contributed by atoms with Crippen LogP contribution in [0.25, 0.3) is 11.0 Å². The number of aromatic nitrogens is 2. The number of fused-ring (bicyclic) bond motifs is 1. The second kappa shape index (κ2) is 5.01. The molecule has 1 fully saturated rings. The summed E-state index contributed by atoms with van der Waals surface area (Å²) in [6.07, 6.45) is 0.932. The van der Waals surface area contributed by atoms with Crippen molar-refractivity contribution in [2.24, 2.45) is 0 Å². The Balaban J connectivity index is 1.70. The number of imidazole rings is 1. The normalized spacial score (nSPS) is 17.0. The molecule has 2 heterocycles. The van der Waals surface area contributed by atoms with Crippen LogP contribution >= 0.6 is 0 Å². The lowest BCUT2D eigenvalue weighted by Crippen LogP contribution is -2.45. The first-order valence-corrected chi connectivity index (χ1v) is 6.61. The maximum absolute atomic E-state index is 10.7. The van der Waals surface area contributed by atoms with E-state index in [0.717, 1.165) is 56.0 Å². The molecule has 0 unspecified atom stereocenters. The van der Waals surface area contributed by atoms with Crippen molar-refractivity contribution in [1.29, 1.82) is 0 Å². The van der Waals surface area contributed by atoms with Crippen molar-refractivity contribution in [2.45, 2.75) is 13.5 Å². The van der Waals surface area contributed by atoms with Crippen molar-refractivity contribution in [3.8, 4) is 0 Å². The Kier molecular flexibility index (Phi) is 3.21. The zero-order chi connectivity index (χ0) is 13.2. The standard InChI is InChI=1S/C14H18N4O/c1-11-2-3-12-13(8-11)16-14(15-12)9-17-4-6-18(10-19)7-5-17/h2-3,8,10H,4-7,9H2,1H3,(H,15,16). The minimum absolute atomic E-state index is 0.808. The molecule has 1 amide bonds. The molecular formula is C14H18N4O. The van der Waals surface area contributed by atoms with Crippen molar-refractivity contribution in [3.05, 3.63) is 29.6 Å². The largest absolute Gasteiger partial charge is 0.343 e. The van der Waals surface area contributed by atoms with E-state index in [1.54, 1.807) is 0 Å². The van der Waals surface area contributed by atoms with E-state index in [1.807, 2.05) is 4.90 Å². The van der Waals surface area contributed by atoms with Gasteiger partial charge >= 0.3 is 0 Å². The first kappa shape index (κ1) is 12.2. The van der Waals surface area contributed by atoms with Crippen LogP contribution in [0.1, 0.15) is 11.4 Å². The predicted molar refractivity (Wildman–Crippen MR) is 73.7 cm³/mol. The molecule has 0 spiro atoms. The number of carbonyl (C=O) groups excluding carboxylic acids is 1. The SMILES string of the molecule is Cc1ccc2nc(CN3CCN(C=O)CC3)[nH]c2c1. The smallest absolute Gasteiger partial charge is 0.209 e. The summed E-state index contributed by atoms with van der Waals surface area (Å²) < 4.78 is 0. The number of benzene rings is 1. The summed E-state index contributed by atoms with van der Waals surface area (Å²) in [6, 6.07) is 6.25. The molecule has 0 radical (unpaired) electrons. The van der Waals surface area contributed by atoms with Gasteiger partial charge in [-0.25, -0.2) is 4.98 Å². The van der Waals surface area contributed by atoms with Gasteiger partial charge in [0.2, 0.25) is 6.41 Å². The van der Waals surface area contributed by atoms with Gasteiger partial charge in [-0.1, -0.05) is 6.07 Å². The van der Waals surface area contributed by atoms with Gasteiger partial charge in [0.05, 0.1) is 17.6 Å². The van der Waals surface area contributed by atoms with Gasteiger partial charge in [0.15, 0.2) is 0 Å². The topological polar surface area (TPSA) is 52.2 Å². The molecule has 0 bridgehead atoms. The van der Waals surface area contributed by atoms with Crippen LogP contribution in [0, 0.1) is 6.92 Å². The number of nitrogens with zero attached hydrogens (tertiary/aromatic N) is 3. The van der Waals surface area contributed by atoms with Crippen LogP contribution in [0.2, 0.25) is 0 Å². The van der Waals surface area contributed by atoms with Crippen LogP contribution in [-0.4, -0.2) is 52.4 Å². The van der Waals surface area contributed by atoms with Gasteiger partial charge in [0, 0.05) is 26.2 Å². The van der Waals surface area contributed by atoms with Crippen molar-refractivity contribution in [2.75, 3.05) is 26.2 Å². The molecule has 3 rings (SSSR count). The van der Waals surface area contributed by atoms with Crippen LogP contribution in [0.3, 0.4) is 0 Å². The summed E-state index contributed by atoms with van der Waals surface area (Å²) in [7, 11) is 0. The molecular weight excluding hydrogens is 240 g/mol. The van der Waals surface area contributed by atoms with E-state index in [2.05, 4.69) is 40.0 Å². The summed E-state index contributed by atoms with van der Waals surface area (Å²) in [5.74, 6) is 1.00. The molecule has 5 heteroatoms. The number of nitrogens with one attached hydrogen (secondary N) is 1. The molecule has 0 atom stereocenters. The van der Waals surface area contributed by atoms with E-state index in [9.17, 15) is 4.79 Å². The fourth-order valence-electron chi connectivity index (χ4n) is 2.49. The zero-order valence-electron chi connectivity index (χ0n) is 11.1. The summed E-state index contributed by atoms with van der Waals surface area (Å²) in [6.45, 7) is 6.34. The number of carbonyl (C=O) groups is 1. The first-order valence-electron chi connectivity index (χ1n) is 6.61. The molecule has 1 aliphatic heterocycles. The Morgan fingerprint density at radius 2 is 2.11 bits per heavy atom. The van der Waals surface area contributed by atoms with Crippen molar-refractivity contribution >= 4 is 17.4 Å². The fourth-order valence-corrected chi connectivity index (χ4v) is 2.49. The Labute approximate surface area is 112 Å². The second-order valence-electron chi connectivity index (χ2n) is 5.12. The average molecular weight is 258 g/mol. The second-order valence-corrected chi connectivity index (χ2v) is 5.12. The van der Waals surface area contributed by atoms with Gasteiger partial charge in [-0.3, -0.25) is 9.69 Å². The Morgan fingerprint density at radius 1 is 1.32 bits per heavy atom. The Hall–Kier alpha value is -1.88. The molecule has 2 aromatic rings. The fraction of sp³-hybridized carbons (Fsp3) is 0.429. The number of rotatable bonds is 3. The van der Waals surface area contributed by atoms with Crippen LogP contribution in [0.15, 0.2) is 18.2 Å². The van der Waals surface area contributed by atoms with Gasteiger partial charge in [-0.2, -0.15) is 0 Å². The van der Waals surface area contributed by atoms with Gasteiger partial charge < -0.3 is 9.88 Å². The van der Waals surface area contributed by atoms with Crippen LogP contribution in [0.4, 0.5) is 0 Å². The van der Waals surface area contributed by atoms with Crippen molar-refractivity contribution in [3.63, 3.8) is 0 Å². The molecule has 1 saturated heterocycles. The maximum atomic E-state index is 10.7. The summed E-state index contributed by atoms with van der Waals surface area (Å²) in [5.41, 5.74) is 3.36. The number of amides is 1. The van der Waals surface area contributed by atoms with Crippen LogP contribution in [-0.2, 0) is 11.3 Å². The molecule has 0 saturated carbocycles. The van der Waals surface area contributed by atoms with Crippen molar-refractivity contribution in [1.82, 2.24) is 19.8 Å². The van der Waals surface area contributed by atoms with Gasteiger partial charge in [0.25, 0.3) is 0 Å². The minimum atomic E-state index is 0.808. The summed E-state index contributed by atoms with van der Waals surface area (Å²) in [4.78, 5) is 22.8. The van der Waals surface area contributed by atoms with Gasteiger partial charge in [-0.05, 0) is 24.6 Å². The molecule has 1 aromatic heterocycles. The maximum Gasteiger partial charge on any atom is 0.209 e. The lowest BCUT2D eigenvalue weighted by atomic mass is 10.2. The predicted octanol–water partition coefficient (Wildman–Crippen LogP) is 1.15. The van der Waals surface area contributed by atoms with Crippen LogP contribution in [0.5, 0.6) is 0 Å². The molecule has 100 valence electrons. The highest BCUT2D eigenvalue weighted by molar-refractivity contribution is 5.75. The van der Waals surface area contributed by atoms with E-state index in [1.165, 1.54) is 5.56 Å². The average Bonchev–Trinajstić information content (AvgIpc) is 2.81. The first-order chi connectivity index (χ1) is 9.24. The molecule has 1 N–H and O–H groups in total. The van der Waals surface area contributed by atoms with E-state index in [-0.39, 0.29) is 0 Å². The summed E-state index contributed by atoms with van der Waals surface area (Å²) in [5, 5.41) is 0. The zero-order valence-corrected chi connectivity index (χ0v) is 11.1. The van der Waals surface area contributed by atoms with Gasteiger partial charge in [-0.15, -0.1) is 0 Å². The molecule has 1 aromatic carbocycles. The van der Waals surface area contributed by atoms with E-state index in [0.29, 0.717) is 0 Å². The molecule has 5 nitrogen and oxygen atoms in total. The number of hydrogen-bond acceptors (Lipinski definition) is 3. The third-order valence-corrected chi connectivity index (χ3v) is 3.62. The Morgan fingerprint density at radius 3 is 2.84 bits per heavy atom. The van der Waals surface area contributed by atoms with Gasteiger partial charge in [0.1, 0.15) is 5.82 Å². The molecule has 0 aliphatic carbocycles. The summed E-state index contributed by atoms with van der Waals surface area (Å²) >= 11 is 0. The van der Waals surface area contributed by atoms with Crippen LogP contribution < -0.4 is 0 Å². The number of hydrogen-bond donors (Lipinski definition) is 1. The highest BCUT2D eigenvalue weighted by Gasteiger charge is 2.16. The monoisotopic (exact) mass is 258 g/mol. The van der Waals surface area contributed by atoms with Crippen molar-refractivity contribution < 1.29 is 4.79 Å². The number of aryl methyl sites for hydroxylation is 1. The number of H-pyrrole nitrogens is 1. The highest BCUT2D eigenvalue weighted by atomic mass is 16.1. The third kappa shape index (κ3) is 2.61. The molecule has 19 heavy (non-hydrogen) atoms. The highest BCUT2D eigenvalue weighted by Crippen LogP contribution is 2.14. The third-order valence-electron chi connectivity index (χ3n) is 3.62. The lowest BCUT2D eigenvalue weighted by Gasteiger charge is -2.31. The van der Waals surface area contributed by atoms with E-state index >= 15 is 0 Å². The van der Waals surface area contributed by atoms with E-state index < -0.39 is 0 Å².